The van der Waals surface area contributed by atoms with Crippen LogP contribution in [0.15, 0.2) is 40.9 Å². The first-order chi connectivity index (χ1) is 23.8. The van der Waals surface area contributed by atoms with E-state index in [9.17, 15) is 9.59 Å². The highest BCUT2D eigenvalue weighted by Gasteiger charge is 2.63. The van der Waals surface area contributed by atoms with Gasteiger partial charge in [-0.3, -0.25) is 0 Å². The van der Waals surface area contributed by atoms with Crippen LogP contribution in [0.25, 0.3) is 0 Å². The molecule has 3 aliphatic rings. The summed E-state index contributed by atoms with van der Waals surface area (Å²) in [5, 5.41) is 0. The Hall–Kier alpha value is -2.19. The van der Waals surface area contributed by atoms with Gasteiger partial charge in [-0.25, -0.2) is 9.59 Å². The highest BCUT2D eigenvalue weighted by molar-refractivity contribution is 9.10. The van der Waals surface area contributed by atoms with Gasteiger partial charge in [-0.2, -0.15) is 0 Å². The van der Waals surface area contributed by atoms with E-state index in [-0.39, 0.29) is 45.5 Å². The summed E-state index contributed by atoms with van der Waals surface area (Å²) in [7, 11) is 1.41. The summed E-state index contributed by atoms with van der Waals surface area (Å²) in [4.78, 5) is 22.8. The first-order valence-electron chi connectivity index (χ1n) is 17.9. The number of hydrogen-bond acceptors (Lipinski definition) is 10. The third-order valence-corrected chi connectivity index (χ3v) is 11.8. The smallest absolute Gasteiger partial charge is 0.465 e. The van der Waals surface area contributed by atoms with Gasteiger partial charge in [0.05, 0.1) is 59.0 Å². The van der Waals surface area contributed by atoms with E-state index < -0.39 is 21.1 Å². The van der Waals surface area contributed by atoms with E-state index in [1.807, 2.05) is 121 Å². The van der Waals surface area contributed by atoms with Gasteiger partial charge >= 0.3 is 33.1 Å². The minimum Gasteiger partial charge on any atom is -0.465 e. The lowest BCUT2D eigenvalue weighted by molar-refractivity contribution is 0.00578. The van der Waals surface area contributed by atoms with Crippen LogP contribution in [-0.4, -0.2) is 80.9 Å². The number of hydrogen-bond donors (Lipinski definition) is 0. The molecule has 5 rings (SSSR count). The second kappa shape index (κ2) is 16.3. The molecule has 0 atom stereocenters. The van der Waals surface area contributed by atoms with Gasteiger partial charge in [0.15, 0.2) is 0 Å². The molecule has 0 bridgehead atoms. The summed E-state index contributed by atoms with van der Waals surface area (Å²) in [6.07, 6.45) is 1.69. The van der Waals surface area contributed by atoms with Gasteiger partial charge in [-0.05, 0) is 143 Å². The molecule has 2 aromatic rings. The van der Waals surface area contributed by atoms with Gasteiger partial charge in [-0.15, -0.1) is 0 Å². The number of benzene rings is 2. The predicted octanol–water partition coefficient (Wildman–Crippen LogP) is 7.38. The molecular weight excluding hydrogens is 729 g/mol. The molecule has 0 spiro atoms. The average Bonchev–Trinajstić information content (AvgIpc) is 3.53. The molecule has 3 fully saturated rings. The lowest BCUT2D eigenvalue weighted by atomic mass is 9.49. The van der Waals surface area contributed by atoms with Gasteiger partial charge < -0.3 is 37.4 Å². The van der Waals surface area contributed by atoms with Crippen molar-refractivity contribution in [2.45, 2.75) is 143 Å². The van der Waals surface area contributed by atoms with Crippen molar-refractivity contribution in [3.05, 3.63) is 63.1 Å². The standard InChI is InChI=1S/C16H23BO4.C12H24B2O4.C10H11BrO2/c1-7-11-10-12(14(18)19-6)8-9-13(11)17-20-15(2,3)16(4,5)21-17;1-9(2)10(3,4)16-13(15-9)14-17-11(5,6)12(7,8)18-14;1-3-7-6-8(10(12)13-2)4-5-9(7)11/h8-10H,7H2,1-6H3;1-8H3;4-6H,3H2,1-2H3. The Morgan fingerprint density at radius 2 is 0.885 bits per heavy atom. The van der Waals surface area contributed by atoms with Crippen LogP contribution in [0.1, 0.15) is 129 Å². The van der Waals surface area contributed by atoms with Crippen molar-refractivity contribution in [2.24, 2.45) is 0 Å². The molecule has 0 amide bonds. The molecule has 2 aromatic carbocycles. The largest absolute Gasteiger partial charge is 0.495 e. The van der Waals surface area contributed by atoms with Crippen LogP contribution in [0.4, 0.5) is 0 Å². The molecule has 0 unspecified atom stereocenters. The molecule has 3 aliphatic heterocycles. The number of carbonyl (C=O) groups is 2. The lowest BCUT2D eigenvalue weighted by Crippen LogP contribution is -2.41. The topological polar surface area (TPSA) is 108 Å². The van der Waals surface area contributed by atoms with E-state index >= 15 is 0 Å². The quantitative estimate of drug-likeness (QED) is 0.218. The Balaban J connectivity index is 0.000000216. The molecule has 0 aliphatic carbocycles. The lowest BCUT2D eigenvalue weighted by Gasteiger charge is -2.32. The zero-order valence-electron chi connectivity index (χ0n) is 34.1. The van der Waals surface area contributed by atoms with Crippen LogP contribution in [0.3, 0.4) is 0 Å². The van der Waals surface area contributed by atoms with Crippen molar-refractivity contribution < 1.29 is 47.0 Å². The molecule has 10 nitrogen and oxygen atoms in total. The summed E-state index contributed by atoms with van der Waals surface area (Å²) in [5.41, 5.74) is 2.10. The number of rotatable bonds is 6. The van der Waals surface area contributed by atoms with Gasteiger partial charge in [0.1, 0.15) is 0 Å². The molecule has 52 heavy (non-hydrogen) atoms. The zero-order chi connectivity index (χ0) is 39.7. The average molecular weight is 787 g/mol. The van der Waals surface area contributed by atoms with Crippen LogP contribution in [0, 0.1) is 0 Å². The van der Waals surface area contributed by atoms with Gasteiger partial charge in [0.2, 0.25) is 0 Å². The highest BCUT2D eigenvalue weighted by atomic mass is 79.9. The number of ether oxygens (including phenoxy) is 2. The van der Waals surface area contributed by atoms with Crippen LogP contribution in [0.2, 0.25) is 0 Å². The van der Waals surface area contributed by atoms with Crippen molar-refractivity contribution >= 4 is 54.5 Å². The summed E-state index contributed by atoms with van der Waals surface area (Å²) >= 11 is 3.41. The van der Waals surface area contributed by atoms with E-state index in [1.54, 1.807) is 12.1 Å². The molecular formula is C38H58B3BrO10. The van der Waals surface area contributed by atoms with Crippen LogP contribution in [0.5, 0.6) is 0 Å². The SMILES string of the molecule is CC1(C)OB(B2OC(C)(C)C(C)(C)O2)OC1(C)C.CCc1cc(C(=O)OC)ccc1B1OC(C)(C)C(C)(C)O1.CCc1cc(C(=O)OC)ccc1Br. The van der Waals surface area contributed by atoms with E-state index in [1.165, 1.54) is 14.2 Å². The zero-order valence-corrected chi connectivity index (χ0v) is 35.7. The first-order valence-corrected chi connectivity index (χ1v) is 18.7. The normalized spacial score (nSPS) is 21.4. The summed E-state index contributed by atoms with van der Waals surface area (Å²) < 4.78 is 46.4. The van der Waals surface area contributed by atoms with E-state index in [0.717, 1.165) is 33.9 Å². The molecule has 0 saturated carbocycles. The van der Waals surface area contributed by atoms with Crippen molar-refractivity contribution in [3.63, 3.8) is 0 Å². The van der Waals surface area contributed by atoms with Crippen LogP contribution in [-0.2, 0) is 50.2 Å². The Labute approximate surface area is 321 Å². The van der Waals surface area contributed by atoms with Crippen LogP contribution < -0.4 is 5.46 Å². The second-order valence-electron chi connectivity index (χ2n) is 16.2. The van der Waals surface area contributed by atoms with E-state index in [4.69, 9.17) is 32.7 Å². The van der Waals surface area contributed by atoms with E-state index in [0.29, 0.717) is 11.1 Å². The van der Waals surface area contributed by atoms with Gasteiger partial charge in [-0.1, -0.05) is 35.8 Å². The second-order valence-corrected chi connectivity index (χ2v) is 17.1. The van der Waals surface area contributed by atoms with Crippen molar-refractivity contribution in [2.75, 3.05) is 14.2 Å². The molecule has 0 radical (unpaired) electrons. The molecule has 0 aromatic heterocycles. The van der Waals surface area contributed by atoms with Gasteiger partial charge in [0.25, 0.3) is 0 Å². The fourth-order valence-electron chi connectivity index (χ4n) is 5.45. The fourth-order valence-corrected chi connectivity index (χ4v) is 5.97. The predicted molar refractivity (Wildman–Crippen MR) is 210 cm³/mol. The Kier molecular flexibility index (Phi) is 13.8. The Bertz CT molecular complexity index is 1510. The minimum absolute atomic E-state index is 0.290. The monoisotopic (exact) mass is 786 g/mol. The summed E-state index contributed by atoms with van der Waals surface area (Å²) in [5.74, 6) is -0.618. The number of carbonyl (C=O) groups excluding carboxylic acids is 2. The van der Waals surface area contributed by atoms with Crippen LogP contribution >= 0.6 is 15.9 Å². The maximum absolute atomic E-state index is 11.6. The van der Waals surface area contributed by atoms with Crippen molar-refractivity contribution in [1.82, 2.24) is 0 Å². The third-order valence-electron chi connectivity index (χ3n) is 11.1. The summed E-state index contributed by atoms with van der Waals surface area (Å²) in [6, 6.07) is 11.0. The minimum atomic E-state index is -0.476. The third kappa shape index (κ3) is 9.54. The van der Waals surface area contributed by atoms with E-state index in [2.05, 4.69) is 20.7 Å². The maximum atomic E-state index is 11.6. The maximum Gasteiger partial charge on any atom is 0.495 e. The molecule has 286 valence electrons. The Morgan fingerprint density at radius 3 is 1.23 bits per heavy atom. The van der Waals surface area contributed by atoms with Crippen molar-refractivity contribution in [1.29, 1.82) is 0 Å². The fraction of sp³-hybridized carbons (Fsp3) is 0.632. The molecule has 0 N–H and O–H groups in total. The number of aryl methyl sites for hydroxylation is 2. The first kappa shape index (κ1) is 44.2. The molecule has 3 heterocycles. The van der Waals surface area contributed by atoms with Crippen molar-refractivity contribution in [3.8, 4) is 0 Å². The summed E-state index contributed by atoms with van der Waals surface area (Å²) in [6.45, 7) is 28.4. The number of halogens is 1. The number of esters is 2. The molecule has 14 heteroatoms. The molecule has 3 saturated heterocycles. The highest BCUT2D eigenvalue weighted by Crippen LogP contribution is 2.43. The Morgan fingerprint density at radius 1 is 0.558 bits per heavy atom. The number of methoxy groups -OCH3 is 2. The van der Waals surface area contributed by atoms with Gasteiger partial charge in [0, 0.05) is 4.47 Å².